The van der Waals surface area contributed by atoms with E-state index in [9.17, 15) is 4.79 Å². The molecule has 1 aliphatic heterocycles. The van der Waals surface area contributed by atoms with Gasteiger partial charge in [0, 0.05) is 25.6 Å². The first-order chi connectivity index (χ1) is 7.72. The summed E-state index contributed by atoms with van der Waals surface area (Å²) in [5, 5.41) is 3.10. The SMILES string of the molecule is CNCC1CN(C(=O)C(C)C2CC2)CCO1. The lowest BCUT2D eigenvalue weighted by molar-refractivity contribution is -0.143. The number of carbonyl (C=O) groups is 1. The highest BCUT2D eigenvalue weighted by atomic mass is 16.5. The second kappa shape index (κ2) is 5.15. The largest absolute Gasteiger partial charge is 0.373 e. The topological polar surface area (TPSA) is 41.6 Å². The third-order valence-corrected chi connectivity index (χ3v) is 3.60. The smallest absolute Gasteiger partial charge is 0.225 e. The maximum Gasteiger partial charge on any atom is 0.225 e. The highest BCUT2D eigenvalue weighted by molar-refractivity contribution is 5.79. The Kier molecular flexibility index (Phi) is 3.82. The molecule has 2 unspecified atom stereocenters. The van der Waals surface area contributed by atoms with Crippen LogP contribution in [0.4, 0.5) is 0 Å². The van der Waals surface area contributed by atoms with Gasteiger partial charge in [-0.1, -0.05) is 6.92 Å². The molecule has 92 valence electrons. The number of hydrogen-bond acceptors (Lipinski definition) is 3. The summed E-state index contributed by atoms with van der Waals surface area (Å²) in [4.78, 5) is 14.2. The van der Waals surface area contributed by atoms with Gasteiger partial charge in [-0.2, -0.15) is 0 Å². The van der Waals surface area contributed by atoms with Crippen LogP contribution >= 0.6 is 0 Å². The Labute approximate surface area is 97.3 Å². The second-order valence-electron chi connectivity index (χ2n) is 4.96. The molecule has 1 heterocycles. The highest BCUT2D eigenvalue weighted by Crippen LogP contribution is 2.37. The number of rotatable bonds is 4. The van der Waals surface area contributed by atoms with Crippen molar-refractivity contribution in [1.82, 2.24) is 10.2 Å². The summed E-state index contributed by atoms with van der Waals surface area (Å²) in [7, 11) is 1.91. The average molecular weight is 226 g/mol. The van der Waals surface area contributed by atoms with Crippen molar-refractivity contribution in [2.45, 2.75) is 25.9 Å². The third-order valence-electron chi connectivity index (χ3n) is 3.60. The maximum absolute atomic E-state index is 12.2. The molecule has 0 aromatic heterocycles. The molecule has 0 spiro atoms. The van der Waals surface area contributed by atoms with E-state index in [1.165, 1.54) is 12.8 Å². The Hall–Kier alpha value is -0.610. The summed E-state index contributed by atoms with van der Waals surface area (Å²) in [6, 6.07) is 0. The van der Waals surface area contributed by atoms with Gasteiger partial charge >= 0.3 is 0 Å². The number of amides is 1. The van der Waals surface area contributed by atoms with Gasteiger partial charge in [0.05, 0.1) is 12.7 Å². The summed E-state index contributed by atoms with van der Waals surface area (Å²) >= 11 is 0. The summed E-state index contributed by atoms with van der Waals surface area (Å²) in [6.07, 6.45) is 2.63. The number of carbonyl (C=O) groups excluding carboxylic acids is 1. The minimum atomic E-state index is 0.161. The van der Waals surface area contributed by atoms with Crippen LogP contribution in [0.15, 0.2) is 0 Å². The normalized spacial score (nSPS) is 27.9. The predicted octanol–water partition coefficient (Wildman–Crippen LogP) is 0.479. The fraction of sp³-hybridized carbons (Fsp3) is 0.917. The molecule has 2 aliphatic rings. The summed E-state index contributed by atoms with van der Waals surface area (Å²) < 4.78 is 5.60. The number of nitrogens with zero attached hydrogens (tertiary/aromatic N) is 1. The minimum Gasteiger partial charge on any atom is -0.373 e. The van der Waals surface area contributed by atoms with Crippen LogP contribution in [-0.4, -0.2) is 50.2 Å². The molecule has 16 heavy (non-hydrogen) atoms. The fourth-order valence-electron chi connectivity index (χ4n) is 2.36. The maximum atomic E-state index is 12.2. The van der Waals surface area contributed by atoms with Crippen molar-refractivity contribution in [3.8, 4) is 0 Å². The third kappa shape index (κ3) is 2.74. The molecule has 4 nitrogen and oxygen atoms in total. The van der Waals surface area contributed by atoms with Crippen molar-refractivity contribution in [3.05, 3.63) is 0 Å². The number of nitrogens with one attached hydrogen (secondary N) is 1. The van der Waals surface area contributed by atoms with E-state index in [0.29, 0.717) is 18.4 Å². The molecule has 2 atom stereocenters. The van der Waals surface area contributed by atoms with Gasteiger partial charge in [0.15, 0.2) is 0 Å². The van der Waals surface area contributed by atoms with Gasteiger partial charge in [-0.25, -0.2) is 0 Å². The van der Waals surface area contributed by atoms with Crippen LogP contribution in [0, 0.1) is 11.8 Å². The molecule has 1 saturated heterocycles. The van der Waals surface area contributed by atoms with Crippen LogP contribution in [0.3, 0.4) is 0 Å². The van der Waals surface area contributed by atoms with Crippen molar-refractivity contribution >= 4 is 5.91 Å². The Bertz CT molecular complexity index is 251. The van der Waals surface area contributed by atoms with Gasteiger partial charge in [-0.15, -0.1) is 0 Å². The molecule has 0 bridgehead atoms. The van der Waals surface area contributed by atoms with E-state index in [1.54, 1.807) is 0 Å². The van der Waals surface area contributed by atoms with E-state index < -0.39 is 0 Å². The fourth-order valence-corrected chi connectivity index (χ4v) is 2.36. The van der Waals surface area contributed by atoms with E-state index in [2.05, 4.69) is 12.2 Å². The zero-order valence-electron chi connectivity index (χ0n) is 10.2. The molecule has 1 aliphatic carbocycles. The summed E-state index contributed by atoms with van der Waals surface area (Å²) in [6.45, 7) is 5.08. The quantitative estimate of drug-likeness (QED) is 0.758. The van der Waals surface area contributed by atoms with Gasteiger partial charge in [0.1, 0.15) is 0 Å². The van der Waals surface area contributed by atoms with Crippen LogP contribution in [0.25, 0.3) is 0 Å². The molecule has 2 fully saturated rings. The van der Waals surface area contributed by atoms with E-state index in [1.807, 2.05) is 11.9 Å². The van der Waals surface area contributed by atoms with Crippen LogP contribution in [-0.2, 0) is 9.53 Å². The predicted molar refractivity (Wildman–Crippen MR) is 62.1 cm³/mol. The van der Waals surface area contributed by atoms with E-state index in [-0.39, 0.29) is 12.0 Å². The van der Waals surface area contributed by atoms with Crippen LogP contribution in [0.5, 0.6) is 0 Å². The number of ether oxygens (including phenoxy) is 1. The molecule has 4 heteroatoms. The Balaban J connectivity index is 1.85. The Morgan fingerprint density at radius 1 is 1.56 bits per heavy atom. The van der Waals surface area contributed by atoms with E-state index in [0.717, 1.165) is 19.6 Å². The van der Waals surface area contributed by atoms with Crippen LogP contribution < -0.4 is 5.32 Å². The van der Waals surface area contributed by atoms with Gasteiger partial charge in [0.2, 0.25) is 5.91 Å². The lowest BCUT2D eigenvalue weighted by atomic mass is 10.0. The Morgan fingerprint density at radius 2 is 2.31 bits per heavy atom. The highest BCUT2D eigenvalue weighted by Gasteiger charge is 2.36. The van der Waals surface area contributed by atoms with Crippen LogP contribution in [0.2, 0.25) is 0 Å². The zero-order chi connectivity index (χ0) is 11.5. The first-order valence-electron chi connectivity index (χ1n) is 6.27. The lowest BCUT2D eigenvalue weighted by Crippen LogP contribution is -2.50. The molecule has 0 radical (unpaired) electrons. The van der Waals surface area contributed by atoms with Crippen LogP contribution in [0.1, 0.15) is 19.8 Å². The molecular formula is C12H22N2O2. The second-order valence-corrected chi connectivity index (χ2v) is 4.96. The molecule has 1 N–H and O–H groups in total. The molecule has 1 amide bonds. The minimum absolute atomic E-state index is 0.161. The molecule has 2 rings (SSSR count). The van der Waals surface area contributed by atoms with Crippen molar-refractivity contribution in [2.75, 3.05) is 33.3 Å². The zero-order valence-corrected chi connectivity index (χ0v) is 10.2. The van der Waals surface area contributed by atoms with Gasteiger partial charge in [-0.05, 0) is 25.8 Å². The molecule has 1 saturated carbocycles. The van der Waals surface area contributed by atoms with Gasteiger partial charge in [0.25, 0.3) is 0 Å². The number of morpholine rings is 1. The van der Waals surface area contributed by atoms with Crippen molar-refractivity contribution in [2.24, 2.45) is 11.8 Å². The average Bonchev–Trinajstić information content (AvgIpc) is 3.12. The van der Waals surface area contributed by atoms with E-state index >= 15 is 0 Å². The summed E-state index contributed by atoms with van der Waals surface area (Å²) in [5.41, 5.74) is 0. The first-order valence-corrected chi connectivity index (χ1v) is 6.27. The van der Waals surface area contributed by atoms with Crippen molar-refractivity contribution in [1.29, 1.82) is 0 Å². The van der Waals surface area contributed by atoms with Gasteiger partial charge in [-0.3, -0.25) is 4.79 Å². The van der Waals surface area contributed by atoms with E-state index in [4.69, 9.17) is 4.74 Å². The van der Waals surface area contributed by atoms with Gasteiger partial charge < -0.3 is 15.0 Å². The van der Waals surface area contributed by atoms with Crippen molar-refractivity contribution in [3.63, 3.8) is 0 Å². The molecule has 0 aromatic carbocycles. The first kappa shape index (κ1) is 11.9. The molecule has 0 aromatic rings. The number of likely N-dealkylation sites (N-methyl/N-ethyl adjacent to an activating group) is 1. The molecular weight excluding hydrogens is 204 g/mol. The standard InChI is InChI=1S/C12H22N2O2/c1-9(10-3-4-10)12(15)14-5-6-16-11(8-14)7-13-2/h9-11,13H,3-8H2,1-2H3. The Morgan fingerprint density at radius 3 is 2.94 bits per heavy atom. The lowest BCUT2D eigenvalue weighted by Gasteiger charge is -2.34. The number of hydrogen-bond donors (Lipinski definition) is 1. The monoisotopic (exact) mass is 226 g/mol. The van der Waals surface area contributed by atoms with Crippen molar-refractivity contribution < 1.29 is 9.53 Å². The summed E-state index contributed by atoms with van der Waals surface area (Å²) in [5.74, 6) is 1.19.